The Morgan fingerprint density at radius 1 is 1.15 bits per heavy atom. The molecular weight excluding hydrogens is 518 g/mol. The number of carbonyl (C=O) groups is 2. The van der Waals surface area contributed by atoms with E-state index in [2.05, 4.69) is 25.4 Å². The molecule has 0 aliphatic heterocycles. The van der Waals surface area contributed by atoms with Gasteiger partial charge in [0.25, 0.3) is 5.91 Å². The molecule has 5 nitrogen and oxygen atoms in total. The van der Waals surface area contributed by atoms with Crippen molar-refractivity contribution in [3.63, 3.8) is 0 Å². The first-order valence-electron chi connectivity index (χ1n) is 14.0. The molecule has 1 unspecified atom stereocenters. The first-order chi connectivity index (χ1) is 18.9. The summed E-state index contributed by atoms with van der Waals surface area (Å²) >= 11 is 5.71. The second kappa shape index (κ2) is 18.1. The number of ketones is 1. The predicted octanol–water partition coefficient (Wildman–Crippen LogP) is 8.90. The number of allylic oxidation sites excluding steroid dienone is 1. The van der Waals surface area contributed by atoms with Crippen LogP contribution in [0.1, 0.15) is 86.8 Å². The van der Waals surface area contributed by atoms with E-state index in [0.29, 0.717) is 41.0 Å². The van der Waals surface area contributed by atoms with Gasteiger partial charge in [0.1, 0.15) is 11.9 Å². The molecule has 1 aliphatic carbocycles. The summed E-state index contributed by atoms with van der Waals surface area (Å²) in [4.78, 5) is 25.6. The van der Waals surface area contributed by atoms with Crippen molar-refractivity contribution in [2.45, 2.75) is 73.6 Å². The van der Waals surface area contributed by atoms with Gasteiger partial charge in [-0.3, -0.25) is 9.59 Å². The number of nitriles is 1. The van der Waals surface area contributed by atoms with Crippen LogP contribution >= 0.6 is 11.6 Å². The molecule has 0 saturated heterocycles. The van der Waals surface area contributed by atoms with Crippen molar-refractivity contribution in [3.8, 4) is 6.07 Å². The third-order valence-corrected chi connectivity index (χ3v) is 6.73. The summed E-state index contributed by atoms with van der Waals surface area (Å²) < 4.78 is 0. The molecule has 0 heterocycles. The van der Waals surface area contributed by atoms with Gasteiger partial charge in [-0.2, -0.15) is 5.26 Å². The van der Waals surface area contributed by atoms with Gasteiger partial charge in [-0.25, -0.2) is 0 Å². The molecule has 0 radical (unpaired) electrons. The third kappa shape index (κ3) is 13.1. The zero-order valence-electron chi connectivity index (χ0n) is 25.1. The highest BCUT2D eigenvalue weighted by atomic mass is 35.5. The molecule has 3 rings (SSSR count). The largest absolute Gasteiger partial charge is 0.362 e. The maximum absolute atomic E-state index is 12.6. The minimum Gasteiger partial charge on any atom is -0.362 e. The first kappa shape index (κ1) is 34.7. The fraction of sp³-hybridized carbons (Fsp3) is 0.441. The van der Waals surface area contributed by atoms with E-state index in [0.717, 1.165) is 41.9 Å². The number of rotatable bonds is 11. The maximum atomic E-state index is 12.6. The number of nitrogens with one attached hydrogen (secondary N) is 1. The molecule has 0 aromatic heterocycles. The SMILES string of the molecule is C=C(C)CC(C)CC(=O)CC.C=CNc1ccc(C)cc1C(=O)N(CC)CC1CC1.Cc1ccc(C#N)c(Cl)c1. The highest BCUT2D eigenvalue weighted by Crippen LogP contribution is 2.30. The van der Waals surface area contributed by atoms with Crippen LogP contribution in [0.4, 0.5) is 5.69 Å². The first-order valence-corrected chi connectivity index (χ1v) is 14.4. The number of hydrogen-bond donors (Lipinski definition) is 1. The minimum atomic E-state index is 0.113. The van der Waals surface area contributed by atoms with Crippen molar-refractivity contribution >= 4 is 29.0 Å². The van der Waals surface area contributed by atoms with Crippen LogP contribution < -0.4 is 5.32 Å². The lowest BCUT2D eigenvalue weighted by Crippen LogP contribution is -2.33. The Balaban J connectivity index is 0.000000326. The van der Waals surface area contributed by atoms with Gasteiger partial charge in [0.05, 0.1) is 21.8 Å². The summed E-state index contributed by atoms with van der Waals surface area (Å²) in [5, 5.41) is 12.1. The van der Waals surface area contributed by atoms with Gasteiger partial charge in [0.15, 0.2) is 0 Å². The van der Waals surface area contributed by atoms with Gasteiger partial charge < -0.3 is 10.2 Å². The van der Waals surface area contributed by atoms with E-state index < -0.39 is 0 Å². The fourth-order valence-corrected chi connectivity index (χ4v) is 4.40. The smallest absolute Gasteiger partial charge is 0.255 e. The van der Waals surface area contributed by atoms with Crippen LogP contribution in [0.2, 0.25) is 5.02 Å². The highest BCUT2D eigenvalue weighted by Gasteiger charge is 2.27. The summed E-state index contributed by atoms with van der Waals surface area (Å²) in [6.07, 6.45) is 6.49. The number of halogens is 1. The summed E-state index contributed by atoms with van der Waals surface area (Å²) in [6, 6.07) is 13.2. The summed E-state index contributed by atoms with van der Waals surface area (Å²) in [7, 11) is 0. The molecular formula is C34H46ClN3O2. The molecule has 40 heavy (non-hydrogen) atoms. The number of aryl methyl sites for hydroxylation is 2. The lowest BCUT2D eigenvalue weighted by Gasteiger charge is -2.22. The standard InChI is InChI=1S/C16H22N2O.C10H18O.C8H6ClN/c1-4-17-15-9-6-12(3)10-14(15)16(19)18(5-2)11-13-7-8-13;1-5-10(11)7-9(4)6-8(2)3;1-6-2-3-7(5-10)8(9)4-6/h4,6,9-10,13,17H,1,5,7-8,11H2,2-3H3;9H,2,5-7H2,1,3-4H3;2-4H,1H3. The zero-order valence-corrected chi connectivity index (χ0v) is 25.9. The van der Waals surface area contributed by atoms with Crippen molar-refractivity contribution in [1.29, 1.82) is 5.26 Å². The minimum absolute atomic E-state index is 0.113. The monoisotopic (exact) mass is 563 g/mol. The number of anilines is 1. The van der Waals surface area contributed by atoms with Crippen molar-refractivity contribution in [1.82, 2.24) is 4.90 Å². The second-order valence-corrected chi connectivity index (χ2v) is 11.0. The van der Waals surface area contributed by atoms with Crippen LogP contribution in [0.15, 0.2) is 61.3 Å². The Morgan fingerprint density at radius 3 is 2.27 bits per heavy atom. The van der Waals surface area contributed by atoms with Crippen LogP contribution in [-0.2, 0) is 4.79 Å². The average molecular weight is 564 g/mol. The summed E-state index contributed by atoms with van der Waals surface area (Å²) in [5.41, 5.74) is 5.44. The summed E-state index contributed by atoms with van der Waals surface area (Å²) in [5.74, 6) is 1.66. The molecule has 1 aliphatic rings. The van der Waals surface area contributed by atoms with Crippen molar-refractivity contribution < 1.29 is 9.59 Å². The van der Waals surface area contributed by atoms with Crippen LogP contribution in [-0.4, -0.2) is 29.7 Å². The molecule has 2 aromatic carbocycles. The Labute approximate surface area is 246 Å². The molecule has 1 N–H and O–H groups in total. The van der Waals surface area contributed by atoms with E-state index in [1.165, 1.54) is 18.4 Å². The molecule has 0 bridgehead atoms. The van der Waals surface area contributed by atoms with Crippen molar-refractivity contribution in [3.05, 3.63) is 88.6 Å². The van der Waals surface area contributed by atoms with Gasteiger partial charge in [-0.1, -0.05) is 55.3 Å². The second-order valence-electron chi connectivity index (χ2n) is 10.6. The Hall–Kier alpha value is -3.36. The zero-order chi connectivity index (χ0) is 30.2. The van der Waals surface area contributed by atoms with E-state index in [4.69, 9.17) is 16.9 Å². The van der Waals surface area contributed by atoms with E-state index in [1.807, 2.05) is 69.9 Å². The molecule has 216 valence electrons. The van der Waals surface area contributed by atoms with E-state index in [1.54, 1.807) is 18.3 Å². The molecule has 1 fully saturated rings. The van der Waals surface area contributed by atoms with Gasteiger partial charge in [-0.15, -0.1) is 6.58 Å². The number of nitrogens with zero attached hydrogens (tertiary/aromatic N) is 2. The lowest BCUT2D eigenvalue weighted by atomic mass is 9.97. The van der Waals surface area contributed by atoms with E-state index >= 15 is 0 Å². The normalized spacial score (nSPS) is 12.3. The average Bonchev–Trinajstić information content (AvgIpc) is 3.72. The van der Waals surface area contributed by atoms with Gasteiger partial charge in [-0.05, 0) is 94.8 Å². The number of carbonyl (C=O) groups excluding carboxylic acids is 2. The Morgan fingerprint density at radius 2 is 1.77 bits per heavy atom. The quantitative estimate of drug-likeness (QED) is 0.277. The van der Waals surface area contributed by atoms with Crippen LogP contribution in [0.3, 0.4) is 0 Å². The van der Waals surface area contributed by atoms with Gasteiger partial charge in [0, 0.05) is 25.9 Å². The lowest BCUT2D eigenvalue weighted by molar-refractivity contribution is -0.119. The maximum Gasteiger partial charge on any atom is 0.255 e. The number of Topliss-reactive ketones (excluding diaryl/α,β-unsaturated/α-hetero) is 1. The molecule has 6 heteroatoms. The van der Waals surface area contributed by atoms with E-state index in [-0.39, 0.29) is 5.91 Å². The molecule has 0 spiro atoms. The Kier molecular flexibility index (Phi) is 15.7. The number of amides is 1. The van der Waals surface area contributed by atoms with Crippen molar-refractivity contribution in [2.75, 3.05) is 18.4 Å². The Bertz CT molecular complexity index is 1190. The molecule has 1 amide bonds. The van der Waals surface area contributed by atoms with Crippen LogP contribution in [0, 0.1) is 37.0 Å². The molecule has 2 aromatic rings. The predicted molar refractivity (Wildman–Crippen MR) is 169 cm³/mol. The fourth-order valence-electron chi connectivity index (χ4n) is 4.12. The van der Waals surface area contributed by atoms with Crippen LogP contribution in [0.5, 0.6) is 0 Å². The van der Waals surface area contributed by atoms with Gasteiger partial charge >= 0.3 is 0 Å². The molecule has 1 atom stereocenters. The van der Waals surface area contributed by atoms with Crippen molar-refractivity contribution in [2.24, 2.45) is 11.8 Å². The number of hydrogen-bond acceptors (Lipinski definition) is 4. The third-order valence-electron chi connectivity index (χ3n) is 6.42. The highest BCUT2D eigenvalue weighted by molar-refractivity contribution is 6.31. The number of benzene rings is 2. The molecule has 1 saturated carbocycles. The van der Waals surface area contributed by atoms with Gasteiger partial charge in [0.2, 0.25) is 0 Å². The topological polar surface area (TPSA) is 73.2 Å². The van der Waals surface area contributed by atoms with E-state index in [9.17, 15) is 9.59 Å². The summed E-state index contributed by atoms with van der Waals surface area (Å²) in [6.45, 7) is 21.1. The van der Waals surface area contributed by atoms with Crippen LogP contribution in [0.25, 0.3) is 0 Å².